The van der Waals surface area contributed by atoms with Crippen LogP contribution in [0.2, 0.25) is 0 Å². The average molecular weight is 340 g/mol. The predicted octanol–water partition coefficient (Wildman–Crippen LogP) is 6.51. The first-order valence-electron chi connectivity index (χ1n) is 10.3. The van der Waals surface area contributed by atoms with Gasteiger partial charge in [-0.3, -0.25) is 4.90 Å². The molecule has 1 aromatic rings. The number of hydrogen-bond donors (Lipinski definition) is 0. The fraction of sp³-hybridized carbons (Fsp3) is 0.583. The lowest BCUT2D eigenvalue weighted by Crippen LogP contribution is -2.29. The van der Waals surface area contributed by atoms with E-state index in [2.05, 4.69) is 68.7 Å². The Balaban J connectivity index is 1.99. The third-order valence-corrected chi connectivity index (χ3v) is 5.65. The summed E-state index contributed by atoms with van der Waals surface area (Å²) in [6, 6.07) is 9.96. The van der Waals surface area contributed by atoms with Gasteiger partial charge in [0.25, 0.3) is 0 Å². The third-order valence-electron chi connectivity index (χ3n) is 5.65. The van der Waals surface area contributed by atoms with Crippen LogP contribution >= 0.6 is 0 Å². The summed E-state index contributed by atoms with van der Waals surface area (Å²) in [6.07, 6.45) is 13.1. The molecule has 0 bridgehead atoms. The number of rotatable bonds is 10. The van der Waals surface area contributed by atoms with Crippen molar-refractivity contribution in [2.45, 2.75) is 77.7 Å². The van der Waals surface area contributed by atoms with E-state index in [-0.39, 0.29) is 0 Å². The standard InChI is InChI=1S/C24H37N/c1-5-8-11-20(4)14-15-24-18-23(19-25(24)16-9-6-2)22-13-10-12-21(7-3)17-22/h6,9-10,12-13,17,23-24H,4-5,7-8,11,14-16,18-19H2,1-3H3. The van der Waals surface area contributed by atoms with Gasteiger partial charge in [0.15, 0.2) is 0 Å². The molecule has 2 unspecified atom stereocenters. The zero-order valence-electron chi connectivity index (χ0n) is 16.6. The van der Waals surface area contributed by atoms with Gasteiger partial charge in [-0.1, -0.05) is 68.8 Å². The van der Waals surface area contributed by atoms with E-state index >= 15 is 0 Å². The highest BCUT2D eigenvalue weighted by atomic mass is 15.2. The quantitative estimate of drug-likeness (QED) is 0.439. The Kier molecular flexibility index (Phi) is 8.48. The Morgan fingerprint density at radius 2 is 2.12 bits per heavy atom. The van der Waals surface area contributed by atoms with Gasteiger partial charge >= 0.3 is 0 Å². The summed E-state index contributed by atoms with van der Waals surface area (Å²) in [5, 5.41) is 0. The summed E-state index contributed by atoms with van der Waals surface area (Å²) in [7, 11) is 0. The lowest BCUT2D eigenvalue weighted by molar-refractivity contribution is 0.267. The Bertz CT molecular complexity index is 557. The maximum atomic E-state index is 4.31. The van der Waals surface area contributed by atoms with Crippen molar-refractivity contribution in [2.75, 3.05) is 13.1 Å². The van der Waals surface area contributed by atoms with Crippen LogP contribution < -0.4 is 0 Å². The lowest BCUT2D eigenvalue weighted by atomic mass is 9.92. The van der Waals surface area contributed by atoms with Crippen molar-refractivity contribution in [1.29, 1.82) is 0 Å². The van der Waals surface area contributed by atoms with E-state index < -0.39 is 0 Å². The number of aryl methyl sites for hydroxylation is 1. The van der Waals surface area contributed by atoms with Gasteiger partial charge in [0.1, 0.15) is 0 Å². The van der Waals surface area contributed by atoms with E-state index in [9.17, 15) is 0 Å². The van der Waals surface area contributed by atoms with Gasteiger partial charge in [-0.2, -0.15) is 0 Å². The minimum atomic E-state index is 0.686. The van der Waals surface area contributed by atoms with E-state index in [1.54, 1.807) is 0 Å². The van der Waals surface area contributed by atoms with Crippen molar-refractivity contribution in [1.82, 2.24) is 4.90 Å². The molecule has 0 spiro atoms. The van der Waals surface area contributed by atoms with Crippen LogP contribution in [-0.2, 0) is 6.42 Å². The van der Waals surface area contributed by atoms with Gasteiger partial charge in [-0.05, 0) is 62.5 Å². The number of unbranched alkanes of at least 4 members (excludes halogenated alkanes) is 1. The highest BCUT2D eigenvalue weighted by molar-refractivity contribution is 5.28. The summed E-state index contributed by atoms with van der Waals surface area (Å²) in [5.74, 6) is 0.686. The molecule has 138 valence electrons. The third kappa shape index (κ3) is 6.15. The number of allylic oxidation sites excluding steroid dienone is 2. The summed E-state index contributed by atoms with van der Waals surface area (Å²) in [5.41, 5.74) is 4.45. The van der Waals surface area contributed by atoms with Gasteiger partial charge in [-0.15, -0.1) is 0 Å². The molecule has 1 heterocycles. The lowest BCUT2D eigenvalue weighted by Gasteiger charge is -2.23. The van der Waals surface area contributed by atoms with Crippen LogP contribution in [0.3, 0.4) is 0 Å². The smallest absolute Gasteiger partial charge is 0.0166 e. The number of nitrogens with zero attached hydrogens (tertiary/aromatic N) is 1. The second-order valence-electron chi connectivity index (χ2n) is 7.60. The highest BCUT2D eigenvalue weighted by Gasteiger charge is 2.31. The zero-order chi connectivity index (χ0) is 18.1. The molecule has 0 saturated carbocycles. The minimum Gasteiger partial charge on any atom is -0.296 e. The molecule has 0 N–H and O–H groups in total. The van der Waals surface area contributed by atoms with Crippen molar-refractivity contribution >= 4 is 0 Å². The maximum absolute atomic E-state index is 4.31. The number of benzene rings is 1. The van der Waals surface area contributed by atoms with E-state index in [0.717, 1.165) is 13.0 Å². The van der Waals surface area contributed by atoms with Crippen LogP contribution in [0.25, 0.3) is 0 Å². The van der Waals surface area contributed by atoms with E-state index in [1.165, 1.54) is 61.8 Å². The SMILES string of the molecule is C=C(CCCC)CCC1CC(c2cccc(CC)c2)CN1CC=CC. The molecule has 1 aliphatic heterocycles. The van der Waals surface area contributed by atoms with Crippen LogP contribution in [-0.4, -0.2) is 24.0 Å². The average Bonchev–Trinajstić information content (AvgIpc) is 3.06. The van der Waals surface area contributed by atoms with Gasteiger partial charge in [0.2, 0.25) is 0 Å². The fourth-order valence-electron chi connectivity index (χ4n) is 3.98. The van der Waals surface area contributed by atoms with Crippen LogP contribution in [0.5, 0.6) is 0 Å². The first kappa shape index (κ1) is 20.0. The second kappa shape index (κ2) is 10.6. The Morgan fingerprint density at radius 1 is 1.28 bits per heavy atom. The molecule has 0 amide bonds. The van der Waals surface area contributed by atoms with E-state index in [0.29, 0.717) is 12.0 Å². The molecule has 0 aromatic heterocycles. The summed E-state index contributed by atoms with van der Waals surface area (Å²) >= 11 is 0. The molecule has 1 aliphatic rings. The summed E-state index contributed by atoms with van der Waals surface area (Å²) < 4.78 is 0. The molecular weight excluding hydrogens is 302 g/mol. The summed E-state index contributed by atoms with van der Waals surface area (Å²) in [4.78, 5) is 2.69. The van der Waals surface area contributed by atoms with Crippen molar-refractivity contribution in [3.8, 4) is 0 Å². The molecule has 0 radical (unpaired) electrons. The van der Waals surface area contributed by atoms with Gasteiger partial charge in [0, 0.05) is 19.1 Å². The predicted molar refractivity (Wildman–Crippen MR) is 111 cm³/mol. The minimum absolute atomic E-state index is 0.686. The second-order valence-corrected chi connectivity index (χ2v) is 7.60. The molecular formula is C24H37N. The topological polar surface area (TPSA) is 3.24 Å². The summed E-state index contributed by atoms with van der Waals surface area (Å²) in [6.45, 7) is 13.2. The molecule has 1 nitrogen and oxygen atoms in total. The monoisotopic (exact) mass is 339 g/mol. The first-order valence-corrected chi connectivity index (χ1v) is 10.3. The normalized spacial score (nSPS) is 21.2. The molecule has 1 heteroatoms. The molecule has 0 aliphatic carbocycles. The molecule has 1 aromatic carbocycles. The van der Waals surface area contributed by atoms with Gasteiger partial charge in [-0.25, -0.2) is 0 Å². The molecule has 2 rings (SSSR count). The van der Waals surface area contributed by atoms with Crippen molar-refractivity contribution in [2.24, 2.45) is 0 Å². The largest absolute Gasteiger partial charge is 0.296 e. The Morgan fingerprint density at radius 3 is 2.84 bits per heavy atom. The van der Waals surface area contributed by atoms with E-state index in [1.807, 2.05) is 0 Å². The van der Waals surface area contributed by atoms with Crippen molar-refractivity contribution < 1.29 is 0 Å². The maximum Gasteiger partial charge on any atom is 0.0166 e. The molecule has 2 atom stereocenters. The number of hydrogen-bond acceptors (Lipinski definition) is 1. The van der Waals surface area contributed by atoms with Crippen molar-refractivity contribution in [3.63, 3.8) is 0 Å². The molecule has 25 heavy (non-hydrogen) atoms. The van der Waals surface area contributed by atoms with Crippen LogP contribution in [0.1, 0.15) is 76.3 Å². The first-order chi connectivity index (χ1) is 12.2. The van der Waals surface area contributed by atoms with Crippen molar-refractivity contribution in [3.05, 3.63) is 59.7 Å². The number of likely N-dealkylation sites (tertiary alicyclic amines) is 1. The Hall–Kier alpha value is -1.34. The molecule has 1 fully saturated rings. The zero-order valence-corrected chi connectivity index (χ0v) is 16.6. The van der Waals surface area contributed by atoms with Crippen LogP contribution in [0.4, 0.5) is 0 Å². The van der Waals surface area contributed by atoms with Gasteiger partial charge < -0.3 is 0 Å². The van der Waals surface area contributed by atoms with Crippen LogP contribution in [0, 0.1) is 0 Å². The fourth-order valence-corrected chi connectivity index (χ4v) is 3.98. The van der Waals surface area contributed by atoms with E-state index in [4.69, 9.17) is 0 Å². The molecule has 1 saturated heterocycles. The van der Waals surface area contributed by atoms with Crippen LogP contribution in [0.15, 0.2) is 48.6 Å². The Labute approximate surface area is 155 Å². The van der Waals surface area contributed by atoms with Gasteiger partial charge in [0.05, 0.1) is 0 Å². The highest BCUT2D eigenvalue weighted by Crippen LogP contribution is 2.34.